The van der Waals surface area contributed by atoms with Gasteiger partial charge in [0, 0.05) is 31.1 Å². The second kappa shape index (κ2) is 12.6. The predicted molar refractivity (Wildman–Crippen MR) is 157 cm³/mol. The Morgan fingerprint density at radius 1 is 0.950 bits per heavy atom. The van der Waals surface area contributed by atoms with E-state index in [1.54, 1.807) is 18.2 Å². The number of nitrogens with zero attached hydrogens (tertiary/aromatic N) is 4. The minimum Gasteiger partial charge on any atom is -0.497 e. The Balaban J connectivity index is 1.36. The first kappa shape index (κ1) is 27.1. The summed E-state index contributed by atoms with van der Waals surface area (Å²) in [5.74, 6) is 1.39. The van der Waals surface area contributed by atoms with E-state index in [0.29, 0.717) is 54.8 Å². The summed E-state index contributed by atoms with van der Waals surface area (Å²) in [5.41, 5.74) is 1.89. The molecule has 10 heteroatoms. The summed E-state index contributed by atoms with van der Waals surface area (Å²) in [6, 6.07) is 24.2. The van der Waals surface area contributed by atoms with Gasteiger partial charge in [-0.3, -0.25) is 4.79 Å². The number of anilines is 2. The van der Waals surface area contributed by atoms with E-state index >= 15 is 0 Å². The second-order valence-corrected chi connectivity index (χ2v) is 10.1. The van der Waals surface area contributed by atoms with Gasteiger partial charge < -0.3 is 24.6 Å². The Bertz CT molecular complexity index is 1500. The van der Waals surface area contributed by atoms with E-state index in [1.807, 2.05) is 85.8 Å². The van der Waals surface area contributed by atoms with Crippen molar-refractivity contribution in [2.45, 2.75) is 16.7 Å². The molecule has 0 spiro atoms. The van der Waals surface area contributed by atoms with E-state index in [0.717, 1.165) is 16.3 Å². The number of piperazine rings is 1. The SMILES string of the molecule is CCOc1ccccc1NC(=O)N1CCN(c2cnn(-c3ccccc3)c(=O)c2Sc2ccc(OC)cc2)CC1. The quantitative estimate of drug-likeness (QED) is 0.321. The number of hydrogen-bond acceptors (Lipinski definition) is 7. The van der Waals surface area contributed by atoms with E-state index in [2.05, 4.69) is 15.3 Å². The van der Waals surface area contributed by atoms with Crippen LogP contribution in [-0.4, -0.2) is 60.6 Å². The molecule has 9 nitrogen and oxygen atoms in total. The summed E-state index contributed by atoms with van der Waals surface area (Å²) in [7, 11) is 1.62. The maximum Gasteiger partial charge on any atom is 0.322 e. The number of rotatable bonds is 8. The molecule has 1 saturated heterocycles. The Morgan fingerprint density at radius 3 is 2.35 bits per heavy atom. The lowest BCUT2D eigenvalue weighted by Gasteiger charge is -2.36. The van der Waals surface area contributed by atoms with Crippen LogP contribution in [-0.2, 0) is 0 Å². The van der Waals surface area contributed by atoms with Crippen LogP contribution in [0.3, 0.4) is 0 Å². The summed E-state index contributed by atoms with van der Waals surface area (Å²) in [4.78, 5) is 32.2. The van der Waals surface area contributed by atoms with Gasteiger partial charge >= 0.3 is 6.03 Å². The molecule has 5 rings (SSSR count). The molecule has 2 amide bonds. The Hall–Kier alpha value is -4.44. The number of nitrogens with one attached hydrogen (secondary N) is 1. The predicted octanol–water partition coefficient (Wildman–Crippen LogP) is 5.15. The second-order valence-electron chi connectivity index (χ2n) is 9.02. The third-order valence-electron chi connectivity index (χ3n) is 6.53. The molecule has 0 saturated carbocycles. The monoisotopic (exact) mass is 557 g/mol. The Morgan fingerprint density at radius 2 is 1.65 bits per heavy atom. The number of para-hydroxylation sites is 3. The highest BCUT2D eigenvalue weighted by molar-refractivity contribution is 7.99. The van der Waals surface area contributed by atoms with E-state index < -0.39 is 0 Å². The van der Waals surface area contributed by atoms with Crippen molar-refractivity contribution in [3.63, 3.8) is 0 Å². The lowest BCUT2D eigenvalue weighted by Crippen LogP contribution is -2.50. The van der Waals surface area contributed by atoms with Crippen LogP contribution in [0.15, 0.2) is 99.6 Å². The summed E-state index contributed by atoms with van der Waals surface area (Å²) in [6.45, 7) is 4.54. The summed E-state index contributed by atoms with van der Waals surface area (Å²) in [6.07, 6.45) is 1.74. The Kier molecular flexibility index (Phi) is 8.56. The molecule has 0 bridgehead atoms. The molecule has 0 radical (unpaired) electrons. The number of hydrogen-bond donors (Lipinski definition) is 1. The van der Waals surface area contributed by atoms with Crippen LogP contribution in [0.5, 0.6) is 11.5 Å². The van der Waals surface area contributed by atoms with Crippen LogP contribution in [0, 0.1) is 0 Å². The van der Waals surface area contributed by atoms with Gasteiger partial charge in [0.1, 0.15) is 16.4 Å². The maximum absolute atomic E-state index is 13.8. The summed E-state index contributed by atoms with van der Waals surface area (Å²) in [5, 5.41) is 7.48. The number of urea groups is 1. The molecule has 0 unspecified atom stereocenters. The minimum absolute atomic E-state index is 0.183. The lowest BCUT2D eigenvalue weighted by atomic mass is 10.2. The average molecular weight is 558 g/mol. The Labute approximate surface area is 237 Å². The first-order valence-electron chi connectivity index (χ1n) is 13.1. The maximum atomic E-state index is 13.8. The first-order valence-corrected chi connectivity index (χ1v) is 13.9. The van der Waals surface area contributed by atoms with Crippen LogP contribution in [0.4, 0.5) is 16.2 Å². The molecule has 1 fully saturated rings. The highest BCUT2D eigenvalue weighted by Gasteiger charge is 2.26. The zero-order chi connectivity index (χ0) is 27.9. The van der Waals surface area contributed by atoms with Gasteiger partial charge in [-0.15, -0.1) is 0 Å². The number of carbonyl (C=O) groups is 1. The van der Waals surface area contributed by atoms with E-state index in [1.165, 1.54) is 16.4 Å². The molecule has 40 heavy (non-hydrogen) atoms. The topological polar surface area (TPSA) is 88.9 Å². The molecule has 4 aromatic rings. The van der Waals surface area contributed by atoms with E-state index in [4.69, 9.17) is 9.47 Å². The van der Waals surface area contributed by atoms with Gasteiger partial charge in [-0.2, -0.15) is 9.78 Å². The van der Waals surface area contributed by atoms with Gasteiger partial charge in [0.05, 0.1) is 37.0 Å². The van der Waals surface area contributed by atoms with Crippen molar-refractivity contribution >= 4 is 29.2 Å². The fourth-order valence-electron chi connectivity index (χ4n) is 4.46. The molecule has 1 aromatic heterocycles. The highest BCUT2D eigenvalue weighted by atomic mass is 32.2. The average Bonchev–Trinajstić information content (AvgIpc) is 3.00. The van der Waals surface area contributed by atoms with Crippen molar-refractivity contribution in [3.05, 3.63) is 95.4 Å². The van der Waals surface area contributed by atoms with Crippen molar-refractivity contribution < 1.29 is 14.3 Å². The summed E-state index contributed by atoms with van der Waals surface area (Å²) < 4.78 is 12.4. The molecule has 1 aliphatic rings. The summed E-state index contributed by atoms with van der Waals surface area (Å²) >= 11 is 1.40. The molecule has 206 valence electrons. The van der Waals surface area contributed by atoms with Gasteiger partial charge in [0.15, 0.2) is 0 Å². The van der Waals surface area contributed by atoms with Crippen molar-refractivity contribution in [3.8, 4) is 17.2 Å². The van der Waals surface area contributed by atoms with Crippen LogP contribution in [0.25, 0.3) is 5.69 Å². The number of carbonyl (C=O) groups excluding carboxylic acids is 1. The fourth-order valence-corrected chi connectivity index (χ4v) is 5.43. The van der Waals surface area contributed by atoms with Crippen molar-refractivity contribution in [2.75, 3.05) is 50.1 Å². The van der Waals surface area contributed by atoms with Crippen molar-refractivity contribution in [1.82, 2.24) is 14.7 Å². The third kappa shape index (κ3) is 6.07. The normalized spacial score (nSPS) is 13.2. The number of methoxy groups -OCH3 is 1. The van der Waals surface area contributed by atoms with Crippen molar-refractivity contribution in [1.29, 1.82) is 0 Å². The molecule has 2 heterocycles. The number of amides is 2. The molecule has 3 aromatic carbocycles. The zero-order valence-corrected chi connectivity index (χ0v) is 23.3. The number of benzene rings is 3. The number of ether oxygens (including phenoxy) is 2. The van der Waals surface area contributed by atoms with Crippen LogP contribution in [0.1, 0.15) is 6.92 Å². The third-order valence-corrected chi connectivity index (χ3v) is 7.63. The smallest absolute Gasteiger partial charge is 0.322 e. The van der Waals surface area contributed by atoms with Crippen molar-refractivity contribution in [2.24, 2.45) is 0 Å². The van der Waals surface area contributed by atoms with Gasteiger partial charge in [0.25, 0.3) is 5.56 Å². The standard InChI is InChI=1S/C30H31N5O4S/c1-3-39-27-12-8-7-11-25(27)32-30(37)34-19-17-33(18-20-34)26-21-31-35(22-9-5-4-6-10-22)29(36)28(26)40-24-15-13-23(38-2)14-16-24/h4-16,21H,3,17-20H2,1-2H3,(H,32,37). The van der Waals surface area contributed by atoms with Gasteiger partial charge in [-0.1, -0.05) is 42.1 Å². The molecule has 1 aliphatic heterocycles. The van der Waals surface area contributed by atoms with Crippen LogP contribution in [0.2, 0.25) is 0 Å². The van der Waals surface area contributed by atoms with E-state index in [9.17, 15) is 9.59 Å². The number of aromatic nitrogens is 2. The minimum atomic E-state index is -0.197. The zero-order valence-electron chi connectivity index (χ0n) is 22.4. The van der Waals surface area contributed by atoms with Crippen LogP contribution < -0.4 is 25.2 Å². The largest absolute Gasteiger partial charge is 0.497 e. The first-order chi connectivity index (χ1) is 19.6. The van der Waals surface area contributed by atoms with Gasteiger partial charge in [0.2, 0.25) is 0 Å². The van der Waals surface area contributed by atoms with Gasteiger partial charge in [-0.05, 0) is 55.5 Å². The van der Waals surface area contributed by atoms with Gasteiger partial charge in [-0.25, -0.2) is 4.79 Å². The molecule has 0 aliphatic carbocycles. The molecule has 0 atom stereocenters. The van der Waals surface area contributed by atoms with E-state index in [-0.39, 0.29) is 11.6 Å². The molecular formula is C30H31N5O4S. The highest BCUT2D eigenvalue weighted by Crippen LogP contribution is 2.34. The molecule has 1 N–H and O–H groups in total. The fraction of sp³-hybridized carbons (Fsp3) is 0.233. The van der Waals surface area contributed by atoms with Crippen LogP contribution >= 0.6 is 11.8 Å². The lowest BCUT2D eigenvalue weighted by molar-refractivity contribution is 0.208. The molecular weight excluding hydrogens is 526 g/mol.